The van der Waals surface area contributed by atoms with Crippen molar-refractivity contribution in [3.63, 3.8) is 0 Å². The van der Waals surface area contributed by atoms with Crippen molar-refractivity contribution < 1.29 is 9.90 Å². The lowest BCUT2D eigenvalue weighted by Crippen LogP contribution is -2.23. The summed E-state index contributed by atoms with van der Waals surface area (Å²) < 4.78 is 0. The molecule has 1 fully saturated rings. The minimum absolute atomic E-state index is 0.127. The van der Waals surface area contributed by atoms with Gasteiger partial charge < -0.3 is 10.0 Å². The van der Waals surface area contributed by atoms with Crippen LogP contribution in [0.15, 0.2) is 18.2 Å². The van der Waals surface area contributed by atoms with Crippen molar-refractivity contribution in [3.8, 4) is 0 Å². The number of likely N-dealkylation sites (tertiary alicyclic amines) is 1. The number of hydrogen-bond donors (Lipinski definition) is 1. The minimum Gasteiger partial charge on any atom is -0.481 e. The molecule has 1 N–H and O–H groups in total. The van der Waals surface area contributed by atoms with Crippen LogP contribution in [0.25, 0.3) is 0 Å². The Kier molecular flexibility index (Phi) is 3.71. The topological polar surface area (TPSA) is 40.5 Å². The molecule has 0 aromatic heterocycles. The van der Waals surface area contributed by atoms with E-state index in [0.29, 0.717) is 6.54 Å². The van der Waals surface area contributed by atoms with Crippen LogP contribution in [-0.2, 0) is 4.79 Å². The van der Waals surface area contributed by atoms with Gasteiger partial charge in [-0.3, -0.25) is 4.79 Å². The molecule has 0 aliphatic carbocycles. The fourth-order valence-corrected chi connectivity index (χ4v) is 2.88. The summed E-state index contributed by atoms with van der Waals surface area (Å²) in [5.74, 6) is -0.815. The molecule has 2 rings (SSSR count). The lowest BCUT2D eigenvalue weighted by Gasteiger charge is -2.19. The molecule has 2 atom stereocenters. The quantitative estimate of drug-likeness (QED) is 0.891. The Bertz CT molecular complexity index is 456. The summed E-state index contributed by atoms with van der Waals surface area (Å²) in [6.45, 7) is 8.72. The van der Waals surface area contributed by atoms with Gasteiger partial charge in [0.2, 0.25) is 0 Å². The summed E-state index contributed by atoms with van der Waals surface area (Å²) in [5, 5.41) is 9.39. The number of rotatable bonds is 3. The van der Waals surface area contributed by atoms with E-state index in [2.05, 4.69) is 37.8 Å². The highest BCUT2D eigenvalue weighted by atomic mass is 16.4. The predicted octanol–water partition coefficient (Wildman–Crippen LogP) is 2.42. The molecule has 3 nitrogen and oxygen atoms in total. The first-order chi connectivity index (χ1) is 8.54. The van der Waals surface area contributed by atoms with E-state index in [9.17, 15) is 9.90 Å². The third-order valence-electron chi connectivity index (χ3n) is 4.21. The zero-order valence-electron chi connectivity index (χ0n) is 11.3. The van der Waals surface area contributed by atoms with Gasteiger partial charge >= 0.3 is 5.97 Å². The van der Waals surface area contributed by atoms with E-state index in [0.717, 1.165) is 13.1 Å². The summed E-state index contributed by atoms with van der Waals surface area (Å²) >= 11 is 0. The Morgan fingerprint density at radius 1 is 1.39 bits per heavy atom. The Hall–Kier alpha value is -1.35. The van der Waals surface area contributed by atoms with Crippen molar-refractivity contribution >= 4 is 5.97 Å². The van der Waals surface area contributed by atoms with Crippen LogP contribution >= 0.6 is 0 Å². The van der Waals surface area contributed by atoms with E-state index in [4.69, 9.17) is 0 Å². The largest absolute Gasteiger partial charge is 0.481 e. The van der Waals surface area contributed by atoms with E-state index in [1.807, 2.05) is 6.07 Å². The molecule has 1 aliphatic rings. The highest BCUT2D eigenvalue weighted by molar-refractivity contribution is 5.72. The number of benzene rings is 1. The van der Waals surface area contributed by atoms with Crippen molar-refractivity contribution in [1.82, 2.24) is 4.90 Å². The van der Waals surface area contributed by atoms with Gasteiger partial charge in [-0.05, 0) is 37.1 Å². The second-order valence-corrected chi connectivity index (χ2v) is 5.19. The number of carbonyl (C=O) groups is 1. The zero-order chi connectivity index (χ0) is 13.3. The van der Waals surface area contributed by atoms with Gasteiger partial charge in [-0.15, -0.1) is 0 Å². The Morgan fingerprint density at radius 3 is 2.72 bits per heavy atom. The average molecular weight is 247 g/mol. The number of likely N-dealkylation sites (N-methyl/N-ethyl adjacent to an activating group) is 1. The molecule has 1 saturated heterocycles. The van der Waals surface area contributed by atoms with Gasteiger partial charge in [0.05, 0.1) is 5.92 Å². The van der Waals surface area contributed by atoms with Crippen LogP contribution in [-0.4, -0.2) is 35.6 Å². The molecule has 1 heterocycles. The first-order valence-corrected chi connectivity index (χ1v) is 6.55. The van der Waals surface area contributed by atoms with Gasteiger partial charge in [-0.25, -0.2) is 0 Å². The van der Waals surface area contributed by atoms with E-state index < -0.39 is 5.97 Å². The molecular formula is C15H21NO2. The van der Waals surface area contributed by atoms with Crippen LogP contribution in [0.2, 0.25) is 0 Å². The normalized spacial score (nSPS) is 24.4. The first-order valence-electron chi connectivity index (χ1n) is 6.55. The summed E-state index contributed by atoms with van der Waals surface area (Å²) in [4.78, 5) is 13.6. The van der Waals surface area contributed by atoms with Crippen LogP contribution in [0.4, 0.5) is 0 Å². The maximum absolute atomic E-state index is 11.4. The fourth-order valence-electron chi connectivity index (χ4n) is 2.88. The van der Waals surface area contributed by atoms with Gasteiger partial charge in [0, 0.05) is 19.0 Å². The molecule has 98 valence electrons. The second-order valence-electron chi connectivity index (χ2n) is 5.19. The van der Waals surface area contributed by atoms with Crippen LogP contribution in [0.1, 0.15) is 29.5 Å². The molecule has 1 aromatic carbocycles. The van der Waals surface area contributed by atoms with Gasteiger partial charge in [0.25, 0.3) is 0 Å². The highest BCUT2D eigenvalue weighted by Gasteiger charge is 2.38. The number of hydrogen-bond acceptors (Lipinski definition) is 2. The van der Waals surface area contributed by atoms with Crippen LogP contribution in [0, 0.1) is 19.8 Å². The van der Waals surface area contributed by atoms with Gasteiger partial charge in [-0.1, -0.05) is 25.1 Å². The van der Waals surface area contributed by atoms with Gasteiger partial charge in [0.1, 0.15) is 0 Å². The summed E-state index contributed by atoms with van der Waals surface area (Å²) in [7, 11) is 0. The first kappa shape index (κ1) is 13.1. The zero-order valence-corrected chi connectivity index (χ0v) is 11.3. The van der Waals surface area contributed by atoms with Crippen LogP contribution in [0.3, 0.4) is 0 Å². The Labute approximate surface area is 108 Å². The Morgan fingerprint density at radius 2 is 2.11 bits per heavy atom. The average Bonchev–Trinajstić information content (AvgIpc) is 2.77. The van der Waals surface area contributed by atoms with Crippen LogP contribution < -0.4 is 0 Å². The van der Waals surface area contributed by atoms with E-state index in [1.54, 1.807) is 0 Å². The van der Waals surface area contributed by atoms with Crippen molar-refractivity contribution in [2.45, 2.75) is 26.7 Å². The number of aryl methyl sites for hydroxylation is 1. The standard InChI is InChI=1S/C15H21NO2/c1-4-16-8-13(14(9-16)15(17)18)12-7-5-6-10(2)11(12)3/h5-7,13-14H,4,8-9H2,1-3H3,(H,17,18). The molecule has 1 aromatic rings. The Balaban J connectivity index is 2.35. The van der Waals surface area contributed by atoms with E-state index in [-0.39, 0.29) is 11.8 Å². The van der Waals surface area contributed by atoms with Crippen molar-refractivity contribution in [1.29, 1.82) is 0 Å². The SMILES string of the molecule is CCN1CC(C(=O)O)C(c2cccc(C)c2C)C1. The molecule has 18 heavy (non-hydrogen) atoms. The summed E-state index contributed by atoms with van der Waals surface area (Å²) in [6.07, 6.45) is 0. The van der Waals surface area contributed by atoms with Crippen molar-refractivity contribution in [2.75, 3.05) is 19.6 Å². The third kappa shape index (κ3) is 2.27. The highest BCUT2D eigenvalue weighted by Crippen LogP contribution is 2.35. The number of aliphatic carboxylic acids is 1. The maximum atomic E-state index is 11.4. The molecule has 1 aliphatic heterocycles. The van der Waals surface area contributed by atoms with Gasteiger partial charge in [0.15, 0.2) is 0 Å². The molecule has 3 heteroatoms. The summed E-state index contributed by atoms with van der Waals surface area (Å²) in [6, 6.07) is 6.20. The lowest BCUT2D eigenvalue weighted by molar-refractivity contribution is -0.141. The lowest BCUT2D eigenvalue weighted by atomic mass is 9.85. The number of nitrogens with zero attached hydrogens (tertiary/aromatic N) is 1. The van der Waals surface area contributed by atoms with E-state index >= 15 is 0 Å². The molecular weight excluding hydrogens is 226 g/mol. The molecule has 0 saturated carbocycles. The molecule has 0 amide bonds. The van der Waals surface area contributed by atoms with Crippen LogP contribution in [0.5, 0.6) is 0 Å². The van der Waals surface area contributed by atoms with Crippen molar-refractivity contribution in [3.05, 3.63) is 34.9 Å². The molecule has 0 bridgehead atoms. The second kappa shape index (κ2) is 5.11. The summed E-state index contributed by atoms with van der Waals surface area (Å²) in [5.41, 5.74) is 3.69. The monoisotopic (exact) mass is 247 g/mol. The number of carboxylic acids is 1. The fraction of sp³-hybridized carbons (Fsp3) is 0.533. The molecule has 2 unspecified atom stereocenters. The minimum atomic E-state index is -0.670. The maximum Gasteiger partial charge on any atom is 0.308 e. The number of carboxylic acid groups (broad SMARTS) is 1. The molecule has 0 radical (unpaired) electrons. The molecule has 0 spiro atoms. The van der Waals surface area contributed by atoms with E-state index in [1.165, 1.54) is 16.7 Å². The smallest absolute Gasteiger partial charge is 0.308 e. The van der Waals surface area contributed by atoms with Gasteiger partial charge in [-0.2, -0.15) is 0 Å². The predicted molar refractivity (Wildman–Crippen MR) is 71.9 cm³/mol. The van der Waals surface area contributed by atoms with Crippen molar-refractivity contribution in [2.24, 2.45) is 5.92 Å². The third-order valence-corrected chi connectivity index (χ3v) is 4.21.